The van der Waals surface area contributed by atoms with Gasteiger partial charge in [-0.1, -0.05) is 42.5 Å². The minimum Gasteiger partial charge on any atom is -0.480 e. The number of carboxylic acids is 1. The Morgan fingerprint density at radius 2 is 1.73 bits per heavy atom. The Labute approximate surface area is 388 Å². The number of nitrogens with one attached hydrogen (secondary N) is 2. The molecule has 66 heavy (non-hydrogen) atoms. The number of carbonyl (C=O) groups excluding carboxylic acids is 3. The number of thiophene rings is 1. The molecular weight excluding hydrogens is 874 g/mol. The van der Waals surface area contributed by atoms with E-state index in [1.165, 1.54) is 11.3 Å². The Morgan fingerprint density at radius 3 is 2.48 bits per heavy atom. The highest BCUT2D eigenvalue weighted by Crippen LogP contribution is 2.52. The molecule has 9 rings (SSSR count). The van der Waals surface area contributed by atoms with E-state index in [-0.39, 0.29) is 49.1 Å². The highest BCUT2D eigenvalue weighted by atomic mass is 32.1. The molecule has 0 aliphatic carbocycles. The topological polar surface area (TPSA) is 173 Å². The van der Waals surface area contributed by atoms with Gasteiger partial charge < -0.3 is 24.6 Å². The van der Waals surface area contributed by atoms with E-state index in [2.05, 4.69) is 25.3 Å². The second kappa shape index (κ2) is 19.2. The maximum absolute atomic E-state index is 15.1. The fourth-order valence-corrected chi connectivity index (χ4v) is 13.9. The molecule has 5 atom stereocenters. The number of nitrogens with zero attached hydrogens (tertiary/aromatic N) is 7. The molecule has 0 spiro atoms. The third kappa shape index (κ3) is 9.56. The van der Waals surface area contributed by atoms with Gasteiger partial charge in [-0.25, -0.2) is 9.65 Å². The Bertz CT molecular complexity index is 2780. The van der Waals surface area contributed by atoms with Gasteiger partial charge in [0.25, 0.3) is 5.91 Å². The number of aliphatic carboxylic acids is 1. The number of rotatable bonds is 15. The van der Waals surface area contributed by atoms with E-state index in [0.717, 1.165) is 38.0 Å². The lowest BCUT2D eigenvalue weighted by Crippen LogP contribution is -2.62. The lowest BCUT2D eigenvalue weighted by atomic mass is 9.92. The zero-order chi connectivity index (χ0) is 46.1. The molecule has 4 aromatic heterocycles. The highest BCUT2D eigenvalue weighted by molar-refractivity contribution is 7.58. The fourth-order valence-electron chi connectivity index (χ4n) is 9.96. The lowest BCUT2D eigenvalue weighted by molar-refractivity contribution is -0.150. The van der Waals surface area contributed by atoms with Crippen molar-refractivity contribution in [3.05, 3.63) is 137 Å². The molecule has 344 valence electrons. The molecule has 0 radical (unpaired) electrons. The first-order chi connectivity index (χ1) is 31.8. The maximum Gasteiger partial charge on any atom is 0.321 e. The van der Waals surface area contributed by atoms with Crippen molar-refractivity contribution < 1.29 is 28.8 Å². The monoisotopic (exact) mass is 929 g/mol. The largest absolute Gasteiger partial charge is 0.480 e. The van der Waals surface area contributed by atoms with Crippen molar-refractivity contribution in [3.8, 4) is 0 Å². The summed E-state index contributed by atoms with van der Waals surface area (Å²) in [5.74, 6) is -1.56. The third-order valence-electron chi connectivity index (χ3n) is 13.3. The standard InChI is InChI=1S/C49H56N9O6PS/c1-32(2)58(33(3)49(62)63)65(64,52-25-34-8-5-4-6-9-34)31-36-11-14-43-38(22-36)24-44(66-43)46(59)53-41-30-54(27-35-15-20-55-21-18-51-45(55)23-35)19-16-40-12-13-42(57(40)47(41)60)48(61)56-28-39(29-56)37-10-7-17-50-26-37/h4-11,14-15,17-18,20-24,26,32-33,39-42H,12-13,16,19,25,27-31H2,1-3H3,(H,52,64)(H,53,59)(H,62,63)/t33-,40+,41-,42-,65?/m0/s1. The van der Waals surface area contributed by atoms with Crippen LogP contribution in [0, 0.1) is 0 Å². The molecule has 3 saturated heterocycles. The second-order valence-electron chi connectivity index (χ2n) is 18.1. The molecule has 6 aromatic rings. The zero-order valence-corrected chi connectivity index (χ0v) is 39.1. The predicted octanol–water partition coefficient (Wildman–Crippen LogP) is 6.60. The molecule has 17 heteroatoms. The Hall–Kier alpha value is -5.77. The Kier molecular flexibility index (Phi) is 13.2. The van der Waals surface area contributed by atoms with Crippen LogP contribution in [0.15, 0.2) is 110 Å². The molecule has 0 saturated carbocycles. The summed E-state index contributed by atoms with van der Waals surface area (Å²) >= 11 is 1.30. The minimum atomic E-state index is -3.55. The van der Waals surface area contributed by atoms with Crippen molar-refractivity contribution in [3.63, 3.8) is 0 Å². The molecule has 3 aliphatic rings. The molecule has 7 heterocycles. The van der Waals surface area contributed by atoms with E-state index < -0.39 is 37.4 Å². The van der Waals surface area contributed by atoms with E-state index in [0.29, 0.717) is 50.3 Å². The smallest absolute Gasteiger partial charge is 0.321 e. The Morgan fingerprint density at radius 1 is 0.909 bits per heavy atom. The average Bonchev–Trinajstić information content (AvgIpc) is 4.05. The number of hydrogen-bond donors (Lipinski definition) is 3. The van der Waals surface area contributed by atoms with Gasteiger partial charge in [-0.2, -0.15) is 0 Å². The highest BCUT2D eigenvalue weighted by Gasteiger charge is 2.48. The van der Waals surface area contributed by atoms with Gasteiger partial charge in [-0.05, 0) is 104 Å². The second-order valence-corrected chi connectivity index (χ2v) is 21.7. The van der Waals surface area contributed by atoms with Crippen LogP contribution in [0.2, 0.25) is 0 Å². The molecular formula is C49H56N9O6PS. The van der Waals surface area contributed by atoms with Crippen LogP contribution in [-0.2, 0) is 38.2 Å². The molecule has 15 nitrogen and oxygen atoms in total. The van der Waals surface area contributed by atoms with Gasteiger partial charge >= 0.3 is 5.97 Å². The summed E-state index contributed by atoms with van der Waals surface area (Å²) in [4.78, 5) is 70.7. The number of amides is 3. The fraction of sp³-hybridized carbons (Fsp3) is 0.388. The van der Waals surface area contributed by atoms with Crippen LogP contribution in [-0.4, -0.2) is 119 Å². The number of fused-ring (bicyclic) bond motifs is 3. The van der Waals surface area contributed by atoms with Crippen LogP contribution >= 0.6 is 18.8 Å². The van der Waals surface area contributed by atoms with Gasteiger partial charge in [0.1, 0.15) is 23.8 Å². The molecule has 3 amide bonds. The van der Waals surface area contributed by atoms with Crippen LogP contribution in [0.5, 0.6) is 0 Å². The minimum absolute atomic E-state index is 0.0458. The van der Waals surface area contributed by atoms with E-state index in [9.17, 15) is 24.3 Å². The van der Waals surface area contributed by atoms with E-state index in [1.54, 1.807) is 35.0 Å². The van der Waals surface area contributed by atoms with Gasteiger partial charge in [0.2, 0.25) is 19.3 Å². The van der Waals surface area contributed by atoms with Crippen molar-refractivity contribution in [2.24, 2.45) is 0 Å². The van der Waals surface area contributed by atoms with Crippen LogP contribution in [0.3, 0.4) is 0 Å². The van der Waals surface area contributed by atoms with E-state index in [4.69, 9.17) is 0 Å². The maximum atomic E-state index is 15.1. The molecule has 1 unspecified atom stereocenters. The zero-order valence-electron chi connectivity index (χ0n) is 37.4. The van der Waals surface area contributed by atoms with Crippen molar-refractivity contribution in [2.75, 3.05) is 26.2 Å². The summed E-state index contributed by atoms with van der Waals surface area (Å²) in [6.45, 7) is 8.16. The van der Waals surface area contributed by atoms with Gasteiger partial charge in [0.15, 0.2) is 0 Å². The Balaban J connectivity index is 0.958. The average molecular weight is 930 g/mol. The third-order valence-corrected chi connectivity index (χ3v) is 17.4. The number of aromatic nitrogens is 3. The van der Waals surface area contributed by atoms with Gasteiger partial charge in [0.05, 0.1) is 11.0 Å². The summed E-state index contributed by atoms with van der Waals surface area (Å²) in [5.41, 5.74) is 4.61. The normalized spacial score (nSPS) is 20.8. The first-order valence-corrected chi connectivity index (χ1v) is 25.4. The van der Waals surface area contributed by atoms with Crippen LogP contribution in [0.1, 0.15) is 77.9 Å². The number of likely N-dealkylation sites (tertiary alicyclic amines) is 1. The van der Waals surface area contributed by atoms with Crippen LogP contribution in [0.4, 0.5) is 0 Å². The number of imidazole rings is 1. The number of pyridine rings is 2. The number of hydrogen-bond acceptors (Lipinski definition) is 9. The summed E-state index contributed by atoms with van der Waals surface area (Å²) in [7, 11) is -3.55. The number of benzene rings is 2. The quantitative estimate of drug-likeness (QED) is 0.0948. The first-order valence-electron chi connectivity index (χ1n) is 22.7. The molecule has 3 aliphatic heterocycles. The lowest BCUT2D eigenvalue weighted by Gasteiger charge is -2.44. The summed E-state index contributed by atoms with van der Waals surface area (Å²) in [5, 5.41) is 17.2. The van der Waals surface area contributed by atoms with Crippen molar-refractivity contribution >= 4 is 58.2 Å². The summed E-state index contributed by atoms with van der Waals surface area (Å²) < 4.78 is 19.4. The number of carboxylic acid groups (broad SMARTS) is 1. The first kappa shape index (κ1) is 45.4. The summed E-state index contributed by atoms with van der Waals surface area (Å²) in [6.07, 6.45) is 11.2. The predicted molar refractivity (Wildman–Crippen MR) is 254 cm³/mol. The molecule has 3 N–H and O–H groups in total. The van der Waals surface area contributed by atoms with Crippen molar-refractivity contribution in [2.45, 2.75) is 95.4 Å². The van der Waals surface area contributed by atoms with Gasteiger partial charge in [0, 0.05) is 93.0 Å². The van der Waals surface area contributed by atoms with Gasteiger partial charge in [-0.15, -0.1) is 11.3 Å². The SMILES string of the molecule is CC(C)N([C@@H](C)C(=O)O)P(=O)(Cc1ccc2sc(C(=O)N[C@H]3CN(Cc4ccn5ccnc5c4)CC[C@H]4CC[C@@H](C(=O)N5CC(c6cccnc6)C5)N4C3=O)cc2c1)NCc1ccccc1. The van der Waals surface area contributed by atoms with Gasteiger partial charge in [-0.3, -0.25) is 38.7 Å². The number of carbonyl (C=O) groups is 4. The van der Waals surface area contributed by atoms with Crippen LogP contribution < -0.4 is 10.4 Å². The molecule has 0 bridgehead atoms. The molecule has 2 aromatic carbocycles. The van der Waals surface area contributed by atoms with Crippen LogP contribution in [0.25, 0.3) is 15.7 Å². The van der Waals surface area contributed by atoms with E-state index in [1.807, 2.05) is 115 Å². The van der Waals surface area contributed by atoms with Crippen molar-refractivity contribution in [1.29, 1.82) is 0 Å². The summed E-state index contributed by atoms with van der Waals surface area (Å²) in [6, 6.07) is 22.0. The molecule has 3 fully saturated rings. The van der Waals surface area contributed by atoms with E-state index >= 15 is 4.57 Å². The van der Waals surface area contributed by atoms with Crippen molar-refractivity contribution in [1.82, 2.24) is 44.1 Å².